The number of nitro groups is 1. The molecule has 6 nitrogen and oxygen atoms in total. The number of nitro benzene ring substituents is 1. The first-order valence-electron chi connectivity index (χ1n) is 5.95. The summed E-state index contributed by atoms with van der Waals surface area (Å²) in [5, 5.41) is 10.9. The summed E-state index contributed by atoms with van der Waals surface area (Å²) < 4.78 is 31.8. The Kier molecular flexibility index (Phi) is 5.36. The summed E-state index contributed by atoms with van der Waals surface area (Å²) in [6.45, 7) is 2.97. The van der Waals surface area contributed by atoms with Crippen LogP contribution in [0.25, 0.3) is 0 Å². The molecular formula is C12H14F2N2O4. The van der Waals surface area contributed by atoms with Crippen molar-refractivity contribution in [3.63, 3.8) is 0 Å². The lowest BCUT2D eigenvalue weighted by molar-refractivity contribution is -0.384. The number of halogens is 2. The van der Waals surface area contributed by atoms with Crippen molar-refractivity contribution in [2.75, 3.05) is 24.6 Å². The van der Waals surface area contributed by atoms with Gasteiger partial charge in [-0.3, -0.25) is 14.9 Å². The van der Waals surface area contributed by atoms with Crippen LogP contribution in [0, 0.1) is 21.7 Å². The number of likely N-dealkylation sites (N-methyl/N-ethyl adjacent to an activating group) is 1. The molecule has 1 aromatic carbocycles. The van der Waals surface area contributed by atoms with Crippen LogP contribution in [0.4, 0.5) is 20.2 Å². The Balaban J connectivity index is 3.22. The van der Waals surface area contributed by atoms with Gasteiger partial charge >= 0.3 is 5.97 Å². The Labute approximate surface area is 114 Å². The molecule has 0 aliphatic heterocycles. The van der Waals surface area contributed by atoms with Crippen molar-refractivity contribution in [1.82, 2.24) is 0 Å². The maximum absolute atomic E-state index is 13.8. The number of benzene rings is 1. The molecule has 0 spiro atoms. The van der Waals surface area contributed by atoms with Crippen LogP contribution in [0.2, 0.25) is 0 Å². The van der Waals surface area contributed by atoms with Gasteiger partial charge in [0.15, 0.2) is 17.3 Å². The highest BCUT2D eigenvalue weighted by atomic mass is 19.2. The van der Waals surface area contributed by atoms with Gasteiger partial charge < -0.3 is 9.64 Å². The van der Waals surface area contributed by atoms with E-state index in [1.807, 2.05) is 0 Å². The third-order valence-electron chi connectivity index (χ3n) is 2.57. The molecule has 0 aliphatic rings. The number of ether oxygens (including phenoxy) is 1. The van der Waals surface area contributed by atoms with E-state index in [-0.39, 0.29) is 13.2 Å². The molecule has 20 heavy (non-hydrogen) atoms. The number of nitrogens with zero attached hydrogens (tertiary/aromatic N) is 2. The van der Waals surface area contributed by atoms with Gasteiger partial charge in [-0.2, -0.15) is 0 Å². The summed E-state index contributed by atoms with van der Waals surface area (Å²) in [5.74, 6) is -3.24. The molecule has 0 N–H and O–H groups in total. The molecule has 110 valence electrons. The van der Waals surface area contributed by atoms with Crippen LogP contribution in [0.1, 0.15) is 13.8 Å². The van der Waals surface area contributed by atoms with E-state index in [9.17, 15) is 23.7 Å². The average molecular weight is 288 g/mol. The number of esters is 1. The predicted molar refractivity (Wildman–Crippen MR) is 67.5 cm³/mol. The molecule has 0 bridgehead atoms. The van der Waals surface area contributed by atoms with Crippen molar-refractivity contribution in [2.24, 2.45) is 0 Å². The Morgan fingerprint density at radius 1 is 1.40 bits per heavy atom. The van der Waals surface area contributed by atoms with Crippen LogP contribution < -0.4 is 4.90 Å². The van der Waals surface area contributed by atoms with Crippen molar-refractivity contribution < 1.29 is 23.2 Å². The van der Waals surface area contributed by atoms with Gasteiger partial charge in [-0.25, -0.2) is 8.78 Å². The SMILES string of the molecule is CCOC(=O)CN(CC)c1c([N+](=O)[O-])ccc(F)c1F. The molecule has 0 fully saturated rings. The number of carbonyl (C=O) groups excluding carboxylic acids is 1. The van der Waals surface area contributed by atoms with E-state index in [1.54, 1.807) is 13.8 Å². The molecule has 0 unspecified atom stereocenters. The highest BCUT2D eigenvalue weighted by Gasteiger charge is 2.27. The highest BCUT2D eigenvalue weighted by Crippen LogP contribution is 2.32. The zero-order valence-electron chi connectivity index (χ0n) is 11.1. The number of anilines is 1. The number of carbonyl (C=O) groups is 1. The number of rotatable bonds is 6. The van der Waals surface area contributed by atoms with E-state index in [2.05, 4.69) is 0 Å². The van der Waals surface area contributed by atoms with Gasteiger partial charge in [0.25, 0.3) is 5.69 Å². The molecule has 1 aromatic rings. The first kappa shape index (κ1) is 15.8. The third kappa shape index (κ3) is 3.40. The smallest absolute Gasteiger partial charge is 0.325 e. The van der Waals surface area contributed by atoms with Gasteiger partial charge in [0.05, 0.1) is 11.5 Å². The lowest BCUT2D eigenvalue weighted by Gasteiger charge is -2.22. The molecule has 0 saturated carbocycles. The van der Waals surface area contributed by atoms with Crippen molar-refractivity contribution in [1.29, 1.82) is 0 Å². The van der Waals surface area contributed by atoms with Crippen molar-refractivity contribution >= 4 is 17.3 Å². The second-order valence-electron chi connectivity index (χ2n) is 3.81. The van der Waals surface area contributed by atoms with E-state index in [1.165, 1.54) is 0 Å². The summed E-state index contributed by atoms with van der Waals surface area (Å²) in [7, 11) is 0. The largest absolute Gasteiger partial charge is 0.465 e. The normalized spacial score (nSPS) is 10.2. The molecule has 0 aromatic heterocycles. The van der Waals surface area contributed by atoms with Gasteiger partial charge in [0, 0.05) is 12.6 Å². The van der Waals surface area contributed by atoms with E-state index in [0.717, 1.165) is 11.0 Å². The first-order valence-corrected chi connectivity index (χ1v) is 5.95. The van der Waals surface area contributed by atoms with Crippen molar-refractivity contribution in [3.8, 4) is 0 Å². The fourth-order valence-corrected chi connectivity index (χ4v) is 1.69. The maximum atomic E-state index is 13.8. The lowest BCUT2D eigenvalue weighted by Crippen LogP contribution is -2.32. The average Bonchev–Trinajstić information content (AvgIpc) is 2.39. The first-order chi connectivity index (χ1) is 9.42. The van der Waals surface area contributed by atoms with Crippen LogP contribution in [-0.4, -0.2) is 30.6 Å². The minimum absolute atomic E-state index is 0.0834. The quantitative estimate of drug-likeness (QED) is 0.456. The molecule has 8 heteroatoms. The minimum Gasteiger partial charge on any atom is -0.465 e. The van der Waals surface area contributed by atoms with Crippen LogP contribution >= 0.6 is 0 Å². The number of hydrogen-bond donors (Lipinski definition) is 0. The van der Waals surface area contributed by atoms with Crippen molar-refractivity contribution in [2.45, 2.75) is 13.8 Å². The third-order valence-corrected chi connectivity index (χ3v) is 2.57. The molecule has 1 rings (SSSR count). The topological polar surface area (TPSA) is 72.7 Å². The fourth-order valence-electron chi connectivity index (χ4n) is 1.69. The van der Waals surface area contributed by atoms with E-state index in [4.69, 9.17) is 4.74 Å². The van der Waals surface area contributed by atoms with Gasteiger partial charge in [0.2, 0.25) is 0 Å². The van der Waals surface area contributed by atoms with Gasteiger partial charge in [-0.1, -0.05) is 0 Å². The Morgan fingerprint density at radius 3 is 2.55 bits per heavy atom. The standard InChI is InChI=1S/C12H14F2N2O4/c1-3-15(7-10(17)20-4-2)12-9(16(18)19)6-5-8(13)11(12)14/h5-6H,3-4,7H2,1-2H3. The zero-order valence-corrected chi connectivity index (χ0v) is 11.1. The Hall–Kier alpha value is -2.25. The molecule has 0 amide bonds. The number of hydrogen-bond acceptors (Lipinski definition) is 5. The van der Waals surface area contributed by atoms with E-state index in [0.29, 0.717) is 6.07 Å². The van der Waals surface area contributed by atoms with Crippen molar-refractivity contribution in [3.05, 3.63) is 33.9 Å². The van der Waals surface area contributed by atoms with Crippen LogP contribution in [0.5, 0.6) is 0 Å². The second kappa shape index (κ2) is 6.78. The van der Waals surface area contributed by atoms with Crippen LogP contribution in [-0.2, 0) is 9.53 Å². The molecular weight excluding hydrogens is 274 g/mol. The molecule has 0 aliphatic carbocycles. The zero-order chi connectivity index (χ0) is 15.3. The van der Waals surface area contributed by atoms with Gasteiger partial charge in [0.1, 0.15) is 6.54 Å². The van der Waals surface area contributed by atoms with Gasteiger partial charge in [-0.15, -0.1) is 0 Å². The summed E-state index contributed by atoms with van der Waals surface area (Å²) >= 11 is 0. The summed E-state index contributed by atoms with van der Waals surface area (Å²) in [6, 6.07) is 1.54. The fraction of sp³-hybridized carbons (Fsp3) is 0.417. The Morgan fingerprint density at radius 2 is 2.05 bits per heavy atom. The summed E-state index contributed by atoms with van der Waals surface area (Å²) in [5.41, 5.74) is -1.15. The maximum Gasteiger partial charge on any atom is 0.325 e. The second-order valence-corrected chi connectivity index (χ2v) is 3.81. The van der Waals surface area contributed by atoms with Crippen LogP contribution in [0.15, 0.2) is 12.1 Å². The highest BCUT2D eigenvalue weighted by molar-refractivity contribution is 5.78. The van der Waals surface area contributed by atoms with E-state index < -0.39 is 40.4 Å². The lowest BCUT2D eigenvalue weighted by atomic mass is 10.2. The minimum atomic E-state index is -1.36. The predicted octanol–water partition coefficient (Wildman–Crippen LogP) is 2.26. The molecule has 0 heterocycles. The monoisotopic (exact) mass is 288 g/mol. The van der Waals surface area contributed by atoms with Gasteiger partial charge in [-0.05, 0) is 19.9 Å². The molecule has 0 radical (unpaired) electrons. The van der Waals surface area contributed by atoms with E-state index >= 15 is 0 Å². The Bertz CT molecular complexity index is 522. The summed E-state index contributed by atoms with van der Waals surface area (Å²) in [4.78, 5) is 22.5. The molecule has 0 saturated heterocycles. The summed E-state index contributed by atoms with van der Waals surface area (Å²) in [6.07, 6.45) is 0. The van der Waals surface area contributed by atoms with Crippen LogP contribution in [0.3, 0.4) is 0 Å². The molecule has 0 atom stereocenters.